The summed E-state index contributed by atoms with van der Waals surface area (Å²) in [5.41, 5.74) is -0.565. The highest BCUT2D eigenvalue weighted by atomic mass is 32.2. The van der Waals surface area contributed by atoms with Crippen molar-refractivity contribution >= 4 is 26.9 Å². The topological polar surface area (TPSA) is 111 Å². The molecule has 8 nitrogen and oxygen atoms in total. The van der Waals surface area contributed by atoms with Crippen molar-refractivity contribution in [1.29, 1.82) is 0 Å². The van der Waals surface area contributed by atoms with Crippen LogP contribution >= 0.6 is 0 Å². The second kappa shape index (κ2) is 6.06. The Labute approximate surface area is 135 Å². The summed E-state index contributed by atoms with van der Waals surface area (Å²) >= 11 is 0. The molecule has 1 aliphatic rings. The number of rotatable bonds is 6. The number of aromatic amines is 1. The van der Waals surface area contributed by atoms with E-state index in [-0.39, 0.29) is 18.5 Å². The molecule has 23 heavy (non-hydrogen) atoms. The molecule has 1 unspecified atom stereocenters. The predicted octanol–water partition coefficient (Wildman–Crippen LogP) is 0.573. The zero-order chi connectivity index (χ0) is 16.6. The van der Waals surface area contributed by atoms with Gasteiger partial charge in [0.1, 0.15) is 17.8 Å². The molecule has 0 amide bonds. The molecule has 0 saturated heterocycles. The van der Waals surface area contributed by atoms with Crippen molar-refractivity contribution in [2.75, 3.05) is 11.9 Å². The van der Waals surface area contributed by atoms with Crippen molar-refractivity contribution in [2.45, 2.75) is 43.7 Å². The number of hydrogen-bond acceptors (Lipinski definition) is 6. The molecular weight excluding hydrogens is 318 g/mol. The van der Waals surface area contributed by atoms with Crippen LogP contribution in [0, 0.1) is 0 Å². The number of nitrogens with one attached hydrogen (secondary N) is 2. The van der Waals surface area contributed by atoms with Crippen molar-refractivity contribution in [1.82, 2.24) is 19.7 Å². The number of fused-ring (bicyclic) bond motifs is 1. The molecule has 0 spiro atoms. The number of aliphatic hydroxyl groups is 1. The largest absolute Gasteiger partial charge is 0.376 e. The zero-order valence-corrected chi connectivity index (χ0v) is 13.9. The van der Waals surface area contributed by atoms with E-state index in [1.807, 2.05) is 19.3 Å². The summed E-state index contributed by atoms with van der Waals surface area (Å²) in [4.78, 5) is 13.6. The van der Waals surface area contributed by atoms with Crippen LogP contribution in [0.5, 0.6) is 0 Å². The normalized spacial score (nSPS) is 22.7. The number of anilines is 1. The van der Waals surface area contributed by atoms with E-state index >= 15 is 0 Å². The fourth-order valence-corrected chi connectivity index (χ4v) is 4.10. The van der Waals surface area contributed by atoms with Gasteiger partial charge in [-0.05, 0) is 25.3 Å². The van der Waals surface area contributed by atoms with Gasteiger partial charge in [-0.2, -0.15) is 0 Å². The Hall–Kier alpha value is -1.71. The van der Waals surface area contributed by atoms with E-state index in [2.05, 4.69) is 24.6 Å². The van der Waals surface area contributed by atoms with E-state index in [0.717, 1.165) is 16.9 Å². The third-order valence-electron chi connectivity index (χ3n) is 4.37. The number of H-pyrrole nitrogens is 1. The van der Waals surface area contributed by atoms with Gasteiger partial charge in [0.2, 0.25) is 10.0 Å². The van der Waals surface area contributed by atoms with Gasteiger partial charge < -0.3 is 15.0 Å². The molecule has 0 radical (unpaired) electrons. The lowest BCUT2D eigenvalue weighted by molar-refractivity contribution is 0.236. The van der Waals surface area contributed by atoms with E-state index in [4.69, 9.17) is 0 Å². The molecule has 1 aliphatic carbocycles. The second-order valence-electron chi connectivity index (χ2n) is 5.90. The first-order valence-corrected chi connectivity index (χ1v) is 9.17. The molecule has 9 heteroatoms. The third-order valence-corrected chi connectivity index (χ3v) is 6.08. The van der Waals surface area contributed by atoms with Gasteiger partial charge >= 0.3 is 0 Å². The molecule has 0 aliphatic heterocycles. The molecule has 3 N–H and O–H groups in total. The van der Waals surface area contributed by atoms with Crippen LogP contribution in [0.15, 0.2) is 18.6 Å². The molecule has 2 aromatic rings. The number of sulfonamides is 1. The molecule has 126 valence electrons. The van der Waals surface area contributed by atoms with Crippen molar-refractivity contribution in [3.8, 4) is 0 Å². The Kier molecular flexibility index (Phi) is 4.26. The maximum atomic E-state index is 11.9. The highest BCUT2D eigenvalue weighted by Gasteiger charge is 2.37. The van der Waals surface area contributed by atoms with Crippen LogP contribution in [-0.4, -0.2) is 53.0 Å². The van der Waals surface area contributed by atoms with Gasteiger partial charge in [0, 0.05) is 25.3 Å². The minimum Gasteiger partial charge on any atom is -0.376 e. The lowest BCUT2D eigenvalue weighted by Crippen LogP contribution is -2.54. The van der Waals surface area contributed by atoms with E-state index in [9.17, 15) is 13.5 Å². The standard InChI is InChI=1S/C14H21N5O3S/c1-3-12(20)23(21,22)18-9-6-10(7-9)19(2)14-11-4-5-15-13(11)16-8-17-14/h4-5,8-10,12,18,20H,3,6-7H2,1-2H3,(H,15,16,17). The van der Waals surface area contributed by atoms with Gasteiger partial charge in [-0.15, -0.1) is 0 Å². The first-order chi connectivity index (χ1) is 10.9. The molecule has 0 aromatic carbocycles. The number of nitrogens with zero attached hydrogens (tertiary/aromatic N) is 3. The first kappa shape index (κ1) is 16.2. The smallest absolute Gasteiger partial charge is 0.238 e. The molecule has 0 bridgehead atoms. The summed E-state index contributed by atoms with van der Waals surface area (Å²) < 4.78 is 26.3. The SMILES string of the molecule is CCC(O)S(=O)(=O)NC1CC(N(C)c2ncnc3[nH]ccc23)C1. The first-order valence-electron chi connectivity index (χ1n) is 7.62. The number of aliphatic hydroxyl groups excluding tert-OH is 1. The Morgan fingerprint density at radius 1 is 1.48 bits per heavy atom. The van der Waals surface area contributed by atoms with Crippen LogP contribution in [0.3, 0.4) is 0 Å². The van der Waals surface area contributed by atoms with Gasteiger partial charge in [0.05, 0.1) is 5.39 Å². The Balaban J connectivity index is 1.64. The minimum absolute atomic E-state index is 0.141. The van der Waals surface area contributed by atoms with E-state index in [0.29, 0.717) is 12.8 Å². The van der Waals surface area contributed by atoms with Crippen LogP contribution in [-0.2, 0) is 10.0 Å². The third kappa shape index (κ3) is 3.04. The van der Waals surface area contributed by atoms with Crippen LogP contribution < -0.4 is 9.62 Å². The quantitative estimate of drug-likeness (QED) is 0.710. The molecule has 2 aromatic heterocycles. The zero-order valence-electron chi connectivity index (χ0n) is 13.1. The van der Waals surface area contributed by atoms with Crippen molar-refractivity contribution in [3.63, 3.8) is 0 Å². The van der Waals surface area contributed by atoms with Crippen LogP contribution in [0.4, 0.5) is 5.82 Å². The summed E-state index contributed by atoms with van der Waals surface area (Å²) in [7, 11) is -1.70. The highest BCUT2D eigenvalue weighted by molar-refractivity contribution is 7.89. The Morgan fingerprint density at radius 3 is 2.91 bits per heavy atom. The van der Waals surface area contributed by atoms with Crippen LogP contribution in [0.25, 0.3) is 11.0 Å². The number of aromatic nitrogens is 3. The maximum Gasteiger partial charge on any atom is 0.238 e. The summed E-state index contributed by atoms with van der Waals surface area (Å²) in [6.45, 7) is 1.64. The molecule has 2 heterocycles. The highest BCUT2D eigenvalue weighted by Crippen LogP contribution is 2.31. The Morgan fingerprint density at radius 2 is 2.22 bits per heavy atom. The lowest BCUT2D eigenvalue weighted by atomic mass is 9.86. The van der Waals surface area contributed by atoms with E-state index < -0.39 is 15.5 Å². The van der Waals surface area contributed by atoms with Gasteiger partial charge in [0.25, 0.3) is 0 Å². The van der Waals surface area contributed by atoms with E-state index in [1.54, 1.807) is 6.92 Å². The van der Waals surface area contributed by atoms with Gasteiger partial charge in [-0.1, -0.05) is 6.92 Å². The summed E-state index contributed by atoms with van der Waals surface area (Å²) in [6.07, 6.45) is 4.88. The average Bonchev–Trinajstić information content (AvgIpc) is 2.97. The van der Waals surface area contributed by atoms with Gasteiger partial charge in [0.15, 0.2) is 5.44 Å². The molecule has 1 atom stereocenters. The van der Waals surface area contributed by atoms with Crippen molar-refractivity contribution in [2.24, 2.45) is 0 Å². The summed E-state index contributed by atoms with van der Waals surface area (Å²) in [5, 5.41) is 10.5. The van der Waals surface area contributed by atoms with Gasteiger partial charge in [-0.25, -0.2) is 23.1 Å². The van der Waals surface area contributed by atoms with Crippen LogP contribution in [0.2, 0.25) is 0 Å². The molecule has 1 saturated carbocycles. The predicted molar refractivity (Wildman–Crippen MR) is 87.5 cm³/mol. The minimum atomic E-state index is -3.65. The van der Waals surface area contributed by atoms with Gasteiger partial charge in [-0.3, -0.25) is 0 Å². The monoisotopic (exact) mass is 339 g/mol. The molecular formula is C14H21N5O3S. The lowest BCUT2D eigenvalue weighted by Gasteiger charge is -2.42. The summed E-state index contributed by atoms with van der Waals surface area (Å²) in [6, 6.07) is 1.99. The number of hydrogen-bond donors (Lipinski definition) is 3. The average molecular weight is 339 g/mol. The fourth-order valence-electron chi connectivity index (χ4n) is 2.84. The van der Waals surface area contributed by atoms with E-state index in [1.165, 1.54) is 6.33 Å². The summed E-state index contributed by atoms with van der Waals surface area (Å²) in [5.74, 6) is 0.830. The molecule has 3 rings (SSSR count). The Bertz CT molecular complexity index is 785. The van der Waals surface area contributed by atoms with Crippen molar-refractivity contribution < 1.29 is 13.5 Å². The van der Waals surface area contributed by atoms with Crippen molar-refractivity contribution in [3.05, 3.63) is 18.6 Å². The molecule has 1 fully saturated rings. The second-order valence-corrected chi connectivity index (χ2v) is 7.77. The van der Waals surface area contributed by atoms with Crippen LogP contribution in [0.1, 0.15) is 26.2 Å². The maximum absolute atomic E-state index is 11.9. The fraction of sp³-hybridized carbons (Fsp3) is 0.571.